The van der Waals surface area contributed by atoms with Crippen molar-refractivity contribution in [1.29, 1.82) is 0 Å². The largest absolute Gasteiger partial charge is 0.465 e. The minimum Gasteiger partial charge on any atom is -0.465 e. The Hall–Kier alpha value is -1.10. The Balaban J connectivity index is 0. The molecule has 0 saturated carbocycles. The van der Waals surface area contributed by atoms with Gasteiger partial charge in [-0.05, 0) is 6.92 Å². The smallest absolute Gasteiger partial charge is 0.328 e. The highest BCUT2D eigenvalue weighted by atomic mass is 16.7. The van der Waals surface area contributed by atoms with Gasteiger partial charge in [-0.2, -0.15) is 0 Å². The van der Waals surface area contributed by atoms with Crippen LogP contribution in [0, 0.1) is 0 Å². The molecule has 5 nitrogen and oxygen atoms in total. The first-order chi connectivity index (χ1) is 6.61. The molecule has 14 heavy (non-hydrogen) atoms. The molecule has 0 bridgehead atoms. The summed E-state index contributed by atoms with van der Waals surface area (Å²) in [5.74, 6) is -0.805. The third-order valence-electron chi connectivity index (χ3n) is 1.15. The normalized spacial score (nSPS) is 8.36. The molecule has 0 radical (unpaired) electrons. The lowest BCUT2D eigenvalue weighted by Gasteiger charge is -2.15. The zero-order chi connectivity index (χ0) is 11.6. The van der Waals surface area contributed by atoms with Gasteiger partial charge in [0.15, 0.2) is 0 Å². The lowest BCUT2D eigenvalue weighted by atomic mass is 10.6. The molecule has 0 rings (SSSR count). The summed E-state index contributed by atoms with van der Waals surface area (Å²) in [6, 6.07) is 0. The maximum atomic E-state index is 10.8. The molecule has 0 heterocycles. The van der Waals surface area contributed by atoms with Crippen molar-refractivity contribution in [2.75, 3.05) is 20.3 Å². The summed E-state index contributed by atoms with van der Waals surface area (Å²) in [5.41, 5.74) is 0. The summed E-state index contributed by atoms with van der Waals surface area (Å²) in [4.78, 5) is 26.1. The van der Waals surface area contributed by atoms with E-state index in [1.54, 1.807) is 6.92 Å². The highest BCUT2D eigenvalue weighted by Gasteiger charge is 2.13. The average Bonchev–Trinajstić information content (AvgIpc) is 2.17. The van der Waals surface area contributed by atoms with Crippen molar-refractivity contribution in [3.05, 3.63) is 0 Å². The Morgan fingerprint density at radius 1 is 1.29 bits per heavy atom. The second-order valence-electron chi connectivity index (χ2n) is 2.04. The molecule has 0 aliphatic rings. The van der Waals surface area contributed by atoms with Crippen LogP contribution in [0.3, 0.4) is 0 Å². The van der Waals surface area contributed by atoms with Crippen molar-refractivity contribution >= 4 is 11.9 Å². The monoisotopic (exact) mass is 205 g/mol. The number of nitrogens with zero attached hydrogens (tertiary/aromatic N) is 1. The zero-order valence-electron chi connectivity index (χ0n) is 9.49. The Kier molecular flexibility index (Phi) is 11.0. The van der Waals surface area contributed by atoms with Gasteiger partial charge >= 0.3 is 5.97 Å². The molecule has 0 N–H and O–H groups in total. The van der Waals surface area contributed by atoms with Gasteiger partial charge in [-0.15, -0.1) is 0 Å². The van der Waals surface area contributed by atoms with E-state index in [1.165, 1.54) is 14.0 Å². The zero-order valence-corrected chi connectivity index (χ0v) is 9.49. The van der Waals surface area contributed by atoms with Crippen molar-refractivity contribution in [2.24, 2.45) is 0 Å². The lowest BCUT2D eigenvalue weighted by Crippen LogP contribution is -2.33. The van der Waals surface area contributed by atoms with Crippen LogP contribution in [-0.4, -0.2) is 37.2 Å². The standard InChI is InChI=1S/C7H13NO4.C2H6/c1-4-12-7(10)5-8(11-3)6(2)9;1-2/h4-5H2,1-3H3;1-2H3. The molecular formula is C9H19NO4. The molecule has 0 aromatic rings. The molecule has 0 aliphatic heterocycles. The lowest BCUT2D eigenvalue weighted by molar-refractivity contribution is -0.182. The summed E-state index contributed by atoms with van der Waals surface area (Å²) in [6.45, 7) is 7.14. The number of carbonyl (C=O) groups excluding carboxylic acids is 2. The first-order valence-corrected chi connectivity index (χ1v) is 4.59. The Bertz CT molecular complexity index is 170. The average molecular weight is 205 g/mol. The van der Waals surface area contributed by atoms with Gasteiger partial charge < -0.3 is 4.74 Å². The van der Waals surface area contributed by atoms with Gasteiger partial charge in [-0.1, -0.05) is 13.8 Å². The van der Waals surface area contributed by atoms with E-state index in [1.807, 2.05) is 13.8 Å². The van der Waals surface area contributed by atoms with E-state index in [0.717, 1.165) is 5.06 Å². The van der Waals surface area contributed by atoms with Crippen LogP contribution in [0.15, 0.2) is 0 Å². The molecule has 0 fully saturated rings. The summed E-state index contributed by atoms with van der Waals surface area (Å²) in [5, 5.41) is 0.929. The maximum Gasteiger partial charge on any atom is 0.328 e. The fourth-order valence-corrected chi connectivity index (χ4v) is 0.628. The Labute approximate surface area is 84.9 Å². The predicted octanol–water partition coefficient (Wildman–Crippen LogP) is 0.986. The number of hydroxylamine groups is 2. The second kappa shape index (κ2) is 9.98. The summed E-state index contributed by atoms with van der Waals surface area (Å²) >= 11 is 0. The molecular weight excluding hydrogens is 186 g/mol. The van der Waals surface area contributed by atoms with E-state index < -0.39 is 5.97 Å². The number of ether oxygens (including phenoxy) is 1. The first-order valence-electron chi connectivity index (χ1n) is 4.59. The molecule has 5 heteroatoms. The van der Waals surface area contributed by atoms with Crippen molar-refractivity contribution in [2.45, 2.75) is 27.7 Å². The molecule has 0 aliphatic carbocycles. The molecule has 0 aromatic carbocycles. The van der Waals surface area contributed by atoms with E-state index in [9.17, 15) is 9.59 Å². The summed E-state index contributed by atoms with van der Waals surface area (Å²) < 4.78 is 4.61. The van der Waals surface area contributed by atoms with Crippen LogP contribution in [0.4, 0.5) is 0 Å². The summed E-state index contributed by atoms with van der Waals surface area (Å²) in [6.07, 6.45) is 0. The fourth-order valence-electron chi connectivity index (χ4n) is 0.628. The van der Waals surface area contributed by atoms with E-state index in [-0.39, 0.29) is 12.5 Å². The van der Waals surface area contributed by atoms with Gasteiger partial charge in [0.05, 0.1) is 13.7 Å². The van der Waals surface area contributed by atoms with Crippen LogP contribution in [0.2, 0.25) is 0 Å². The third-order valence-corrected chi connectivity index (χ3v) is 1.15. The number of hydrogen-bond acceptors (Lipinski definition) is 4. The number of amides is 1. The predicted molar refractivity (Wildman–Crippen MR) is 52.4 cm³/mol. The molecule has 0 aromatic heterocycles. The Morgan fingerprint density at radius 3 is 2.07 bits per heavy atom. The molecule has 0 spiro atoms. The highest BCUT2D eigenvalue weighted by Crippen LogP contribution is 1.90. The van der Waals surface area contributed by atoms with E-state index >= 15 is 0 Å². The van der Waals surface area contributed by atoms with Crippen molar-refractivity contribution in [3.8, 4) is 0 Å². The third kappa shape index (κ3) is 7.54. The van der Waals surface area contributed by atoms with Crippen molar-refractivity contribution in [1.82, 2.24) is 5.06 Å². The van der Waals surface area contributed by atoms with Gasteiger partial charge in [0, 0.05) is 6.92 Å². The van der Waals surface area contributed by atoms with Gasteiger partial charge in [0.2, 0.25) is 5.91 Å². The van der Waals surface area contributed by atoms with Gasteiger partial charge in [0.25, 0.3) is 0 Å². The minimum absolute atomic E-state index is 0.167. The first kappa shape index (κ1) is 15.4. The van der Waals surface area contributed by atoms with Crippen LogP contribution < -0.4 is 0 Å². The topological polar surface area (TPSA) is 55.8 Å². The molecule has 0 saturated heterocycles. The quantitative estimate of drug-likeness (QED) is 0.507. The molecule has 0 atom stereocenters. The van der Waals surface area contributed by atoms with Gasteiger partial charge in [0.1, 0.15) is 6.54 Å². The number of rotatable bonds is 4. The maximum absolute atomic E-state index is 10.8. The van der Waals surface area contributed by atoms with E-state index in [2.05, 4.69) is 9.57 Å². The Morgan fingerprint density at radius 2 is 1.79 bits per heavy atom. The number of carbonyl (C=O) groups is 2. The van der Waals surface area contributed by atoms with Crippen LogP contribution >= 0.6 is 0 Å². The van der Waals surface area contributed by atoms with Crippen molar-refractivity contribution < 1.29 is 19.2 Å². The second-order valence-corrected chi connectivity index (χ2v) is 2.04. The molecule has 84 valence electrons. The van der Waals surface area contributed by atoms with E-state index in [0.29, 0.717) is 6.61 Å². The molecule has 1 amide bonds. The minimum atomic E-state index is -0.477. The SMILES string of the molecule is CC.CCOC(=O)CN(OC)C(C)=O. The van der Waals surface area contributed by atoms with Crippen LogP contribution in [0.5, 0.6) is 0 Å². The molecule has 0 unspecified atom stereocenters. The van der Waals surface area contributed by atoms with Crippen LogP contribution in [-0.2, 0) is 19.2 Å². The fraction of sp³-hybridized carbons (Fsp3) is 0.778. The highest BCUT2D eigenvalue weighted by molar-refractivity contribution is 5.79. The van der Waals surface area contributed by atoms with Crippen LogP contribution in [0.25, 0.3) is 0 Å². The summed E-state index contributed by atoms with van der Waals surface area (Å²) in [7, 11) is 1.32. The number of esters is 1. The van der Waals surface area contributed by atoms with Gasteiger partial charge in [-0.3, -0.25) is 14.4 Å². The van der Waals surface area contributed by atoms with Crippen LogP contribution in [0.1, 0.15) is 27.7 Å². The van der Waals surface area contributed by atoms with E-state index in [4.69, 9.17) is 0 Å². The van der Waals surface area contributed by atoms with Crippen molar-refractivity contribution in [3.63, 3.8) is 0 Å². The van der Waals surface area contributed by atoms with Gasteiger partial charge in [-0.25, -0.2) is 5.06 Å². The number of hydrogen-bond donors (Lipinski definition) is 0.